The fourth-order valence-corrected chi connectivity index (χ4v) is 4.82. The number of benzene rings is 1. The summed E-state index contributed by atoms with van der Waals surface area (Å²) in [7, 11) is 0. The number of hydrogen-bond donors (Lipinski definition) is 2. The van der Waals surface area contributed by atoms with Crippen LogP contribution in [-0.4, -0.2) is 39.4 Å². The topological polar surface area (TPSA) is 101 Å². The molecule has 2 N–H and O–H groups in total. The summed E-state index contributed by atoms with van der Waals surface area (Å²) < 4.78 is 3.98. The molecule has 8 heteroatoms. The summed E-state index contributed by atoms with van der Waals surface area (Å²) in [5, 5.41) is 37.1. The molecule has 6 rings (SSSR count). The highest BCUT2D eigenvalue weighted by atomic mass is 16.3. The van der Waals surface area contributed by atoms with Gasteiger partial charge in [-0.25, -0.2) is 0 Å². The first-order valence-electron chi connectivity index (χ1n) is 13.1. The standard InChI is InChI=1S/C18H21N3O.C12H15N3O/c1-12-7-9-14(10-8-12)18(3,4)17-20-19-16-15(13(2)22)6-5-11-21(16)17;1-12(2,16)9-4-3-7-15-10(8-5-6-8)13-14-11(9)15/h5-11,13,22H,1-4H3;3-4,7-8,16H,5-6H2,1-2H3. The minimum atomic E-state index is -0.879. The number of pyridine rings is 2. The Hall–Kier alpha value is -3.62. The molecular weight excluding hydrogens is 476 g/mol. The Morgan fingerprint density at radius 2 is 1.47 bits per heavy atom. The molecule has 1 aliphatic rings. The van der Waals surface area contributed by atoms with Crippen LogP contribution in [0.25, 0.3) is 11.3 Å². The maximum Gasteiger partial charge on any atom is 0.166 e. The predicted molar refractivity (Wildman–Crippen MR) is 147 cm³/mol. The zero-order valence-corrected chi connectivity index (χ0v) is 22.9. The molecule has 38 heavy (non-hydrogen) atoms. The van der Waals surface area contributed by atoms with Crippen LogP contribution < -0.4 is 0 Å². The smallest absolute Gasteiger partial charge is 0.166 e. The molecule has 1 fully saturated rings. The van der Waals surface area contributed by atoms with Crippen molar-refractivity contribution in [3.8, 4) is 0 Å². The van der Waals surface area contributed by atoms with E-state index in [1.165, 1.54) is 24.0 Å². The minimum absolute atomic E-state index is 0.273. The van der Waals surface area contributed by atoms with Gasteiger partial charge in [0.05, 0.1) is 17.1 Å². The molecule has 4 heterocycles. The van der Waals surface area contributed by atoms with Crippen LogP contribution >= 0.6 is 0 Å². The van der Waals surface area contributed by atoms with E-state index in [-0.39, 0.29) is 5.41 Å². The molecule has 1 unspecified atom stereocenters. The molecule has 0 radical (unpaired) electrons. The molecule has 5 aromatic rings. The average Bonchev–Trinajstić information content (AvgIpc) is 3.45. The summed E-state index contributed by atoms with van der Waals surface area (Å²) in [4.78, 5) is 0. The molecule has 0 aliphatic heterocycles. The highest BCUT2D eigenvalue weighted by molar-refractivity contribution is 5.51. The minimum Gasteiger partial charge on any atom is -0.389 e. The van der Waals surface area contributed by atoms with Crippen molar-refractivity contribution in [1.82, 2.24) is 29.2 Å². The van der Waals surface area contributed by atoms with Gasteiger partial charge in [-0.05, 0) is 72.1 Å². The summed E-state index contributed by atoms with van der Waals surface area (Å²) >= 11 is 0. The number of aliphatic hydroxyl groups is 2. The van der Waals surface area contributed by atoms with Crippen molar-refractivity contribution in [3.63, 3.8) is 0 Å². The molecule has 8 nitrogen and oxygen atoms in total. The summed E-state index contributed by atoms with van der Waals surface area (Å²) in [5.74, 6) is 2.46. The third-order valence-electron chi connectivity index (χ3n) is 7.31. The van der Waals surface area contributed by atoms with Crippen LogP contribution in [0.3, 0.4) is 0 Å². The van der Waals surface area contributed by atoms with Gasteiger partial charge in [0.2, 0.25) is 0 Å². The van der Waals surface area contributed by atoms with Crippen LogP contribution in [0.1, 0.15) is 93.4 Å². The number of aromatic nitrogens is 6. The third-order valence-corrected chi connectivity index (χ3v) is 7.31. The number of hydrogen-bond acceptors (Lipinski definition) is 6. The molecule has 0 spiro atoms. The van der Waals surface area contributed by atoms with Crippen molar-refractivity contribution in [2.45, 2.75) is 77.4 Å². The quantitative estimate of drug-likeness (QED) is 0.334. The van der Waals surface area contributed by atoms with E-state index in [1.807, 2.05) is 45.5 Å². The van der Waals surface area contributed by atoms with Gasteiger partial charge in [-0.15, -0.1) is 20.4 Å². The van der Waals surface area contributed by atoms with Gasteiger partial charge in [-0.2, -0.15) is 0 Å². The summed E-state index contributed by atoms with van der Waals surface area (Å²) in [5.41, 5.74) is 4.39. The highest BCUT2D eigenvalue weighted by Gasteiger charge is 2.31. The van der Waals surface area contributed by atoms with Gasteiger partial charge in [-0.3, -0.25) is 8.80 Å². The second-order valence-corrected chi connectivity index (χ2v) is 11.4. The Bertz CT molecular complexity index is 1570. The van der Waals surface area contributed by atoms with Gasteiger partial charge >= 0.3 is 0 Å². The first-order valence-corrected chi connectivity index (χ1v) is 13.1. The molecule has 0 bridgehead atoms. The number of rotatable bonds is 5. The van der Waals surface area contributed by atoms with E-state index >= 15 is 0 Å². The van der Waals surface area contributed by atoms with Crippen LogP contribution in [0.4, 0.5) is 0 Å². The normalized spacial score (nSPS) is 14.9. The van der Waals surface area contributed by atoms with E-state index in [0.717, 1.165) is 28.4 Å². The van der Waals surface area contributed by atoms with E-state index in [1.54, 1.807) is 20.8 Å². The Labute approximate surface area is 223 Å². The van der Waals surface area contributed by atoms with Crippen molar-refractivity contribution >= 4 is 11.3 Å². The molecule has 0 saturated heterocycles. The molecule has 4 aromatic heterocycles. The first-order chi connectivity index (χ1) is 18.0. The van der Waals surface area contributed by atoms with Gasteiger partial charge < -0.3 is 10.2 Å². The van der Waals surface area contributed by atoms with Crippen molar-refractivity contribution in [2.24, 2.45) is 0 Å². The average molecular weight is 513 g/mol. The SMILES string of the molecule is CC(C)(O)c1cccn2c(C3CC3)nnc12.Cc1ccc(C(C)(C)c2nnc3c(C(C)O)cccn23)cc1. The van der Waals surface area contributed by atoms with Crippen LogP contribution in [-0.2, 0) is 11.0 Å². The van der Waals surface area contributed by atoms with Gasteiger partial charge in [0.1, 0.15) is 11.6 Å². The zero-order chi connectivity index (χ0) is 27.2. The van der Waals surface area contributed by atoms with Crippen molar-refractivity contribution in [3.05, 3.63) is 94.8 Å². The van der Waals surface area contributed by atoms with Gasteiger partial charge in [-0.1, -0.05) is 42.0 Å². The molecule has 1 saturated carbocycles. The molecule has 1 atom stereocenters. The fraction of sp³-hybridized carbons (Fsp3) is 0.400. The highest BCUT2D eigenvalue weighted by Crippen LogP contribution is 2.39. The largest absolute Gasteiger partial charge is 0.389 e. The summed E-state index contributed by atoms with van der Waals surface area (Å²) in [6.45, 7) is 11.7. The summed E-state index contributed by atoms with van der Waals surface area (Å²) in [6, 6.07) is 16.1. The lowest BCUT2D eigenvalue weighted by molar-refractivity contribution is 0.0796. The second kappa shape index (κ2) is 9.60. The van der Waals surface area contributed by atoms with Gasteiger partial charge in [0.15, 0.2) is 11.3 Å². The molecule has 1 aliphatic carbocycles. The van der Waals surface area contributed by atoms with Crippen LogP contribution in [0.15, 0.2) is 60.9 Å². The van der Waals surface area contributed by atoms with Gasteiger partial charge in [0, 0.05) is 29.4 Å². The van der Waals surface area contributed by atoms with E-state index in [0.29, 0.717) is 11.6 Å². The van der Waals surface area contributed by atoms with E-state index in [9.17, 15) is 10.2 Å². The Balaban J connectivity index is 0.000000162. The molecule has 1 aromatic carbocycles. The predicted octanol–water partition coefficient (Wildman–Crippen LogP) is 5.25. The van der Waals surface area contributed by atoms with Crippen molar-refractivity contribution < 1.29 is 10.2 Å². The lowest BCUT2D eigenvalue weighted by Crippen LogP contribution is -2.22. The van der Waals surface area contributed by atoms with Crippen molar-refractivity contribution in [1.29, 1.82) is 0 Å². The number of fused-ring (bicyclic) bond motifs is 2. The maximum absolute atomic E-state index is 10.1. The maximum atomic E-state index is 10.1. The Morgan fingerprint density at radius 3 is 2.11 bits per heavy atom. The fourth-order valence-electron chi connectivity index (χ4n) is 4.82. The van der Waals surface area contributed by atoms with Crippen molar-refractivity contribution in [2.75, 3.05) is 0 Å². The van der Waals surface area contributed by atoms with Crippen LogP contribution in [0.5, 0.6) is 0 Å². The zero-order valence-electron chi connectivity index (χ0n) is 22.9. The number of nitrogens with zero attached hydrogens (tertiary/aromatic N) is 6. The van der Waals surface area contributed by atoms with Crippen LogP contribution in [0, 0.1) is 6.92 Å². The summed E-state index contributed by atoms with van der Waals surface area (Å²) in [6.07, 6.45) is 5.76. The van der Waals surface area contributed by atoms with E-state index in [4.69, 9.17) is 0 Å². The second-order valence-electron chi connectivity index (χ2n) is 11.4. The van der Waals surface area contributed by atoms with Gasteiger partial charge in [0.25, 0.3) is 0 Å². The van der Waals surface area contributed by atoms with E-state index < -0.39 is 11.7 Å². The monoisotopic (exact) mass is 512 g/mol. The number of aryl methyl sites for hydroxylation is 1. The lowest BCUT2D eigenvalue weighted by atomic mass is 9.83. The lowest BCUT2D eigenvalue weighted by Gasteiger charge is -2.23. The first kappa shape index (κ1) is 26.0. The number of aliphatic hydroxyl groups excluding tert-OH is 1. The van der Waals surface area contributed by atoms with E-state index in [2.05, 4.69) is 65.4 Å². The molecular formula is C30H36N6O2. The molecule has 198 valence electrons. The van der Waals surface area contributed by atoms with Crippen LogP contribution in [0.2, 0.25) is 0 Å². The third kappa shape index (κ3) is 4.81. The molecule has 0 amide bonds. The Kier molecular flexibility index (Phi) is 6.57. The Morgan fingerprint density at radius 1 is 0.842 bits per heavy atom.